The number of rotatable bonds is 37. The van der Waals surface area contributed by atoms with Gasteiger partial charge < -0.3 is 70.6 Å². The molecule has 26 nitrogen and oxygen atoms in total. The van der Waals surface area contributed by atoms with Crippen LogP contribution in [0.3, 0.4) is 0 Å². The second kappa shape index (κ2) is 39.1. The first-order valence-corrected chi connectivity index (χ1v) is 28.4. The van der Waals surface area contributed by atoms with Crippen LogP contribution in [0.5, 0.6) is 0 Å². The second-order valence-corrected chi connectivity index (χ2v) is 23.7. The van der Waals surface area contributed by atoms with Crippen LogP contribution in [0.4, 0.5) is 0 Å². The van der Waals surface area contributed by atoms with Crippen LogP contribution in [0.1, 0.15) is 164 Å². The minimum absolute atomic E-state index is 0. The molecule has 0 aromatic heterocycles. The van der Waals surface area contributed by atoms with Crippen molar-refractivity contribution in [2.24, 2.45) is 53.1 Å². The van der Waals surface area contributed by atoms with E-state index in [9.17, 15) is 67.4 Å². The fraction of sp³-hybridized carbons (Fsp3) is 0.772. The molecule has 0 spiro atoms. The fourth-order valence-electron chi connectivity index (χ4n) is 7.51. The summed E-state index contributed by atoms with van der Waals surface area (Å²) < 4.78 is 32.8. The van der Waals surface area contributed by atoms with Crippen LogP contribution in [-0.2, 0) is 123 Å². The molecule has 5 amide bonds. The third kappa shape index (κ3) is 29.0. The summed E-state index contributed by atoms with van der Waals surface area (Å²) in [5.74, 6) is -15.9. The molecule has 0 unspecified atom stereocenters. The molecule has 0 bridgehead atoms. The van der Waals surface area contributed by atoms with Gasteiger partial charge in [-0.25, -0.2) is 28.8 Å². The Morgan fingerprint density at radius 2 is 0.714 bits per heavy atom. The molecule has 0 saturated carbocycles. The minimum Gasteiger partial charge on any atom is -0.542 e. The van der Waals surface area contributed by atoms with E-state index in [1.165, 1.54) is 48.5 Å². The van der Waals surface area contributed by atoms with E-state index in [0.29, 0.717) is 0 Å². The molecular formula is C57H95N6O20Y-. The summed E-state index contributed by atoms with van der Waals surface area (Å²) in [6.45, 7) is 30.0. The zero-order valence-electron chi connectivity index (χ0n) is 52.4. The summed E-state index contributed by atoms with van der Waals surface area (Å²) >= 11 is 0. The van der Waals surface area contributed by atoms with Crippen LogP contribution in [0, 0.1) is 47.3 Å². The van der Waals surface area contributed by atoms with Crippen molar-refractivity contribution in [2.45, 2.75) is 237 Å². The van der Waals surface area contributed by atoms with E-state index >= 15 is 0 Å². The molecule has 0 aliphatic rings. The van der Waals surface area contributed by atoms with Gasteiger partial charge in [0.25, 0.3) is 29.5 Å². The predicted octanol–water partition coefficient (Wildman–Crippen LogP) is 2.66. The van der Waals surface area contributed by atoms with Gasteiger partial charge in [-0.05, 0) is 87.9 Å². The van der Waals surface area contributed by atoms with Crippen molar-refractivity contribution >= 4 is 77.6 Å². The van der Waals surface area contributed by atoms with Crippen molar-refractivity contribution in [2.75, 3.05) is 0 Å². The fourth-order valence-corrected chi connectivity index (χ4v) is 7.51. The van der Waals surface area contributed by atoms with Crippen molar-refractivity contribution in [3.8, 4) is 0 Å². The average Bonchev–Trinajstić information content (AvgIpc) is 3.58. The first kappa shape index (κ1) is 80.4. The number of hydrogen-bond donors (Lipinski definition) is 7. The van der Waals surface area contributed by atoms with Crippen LogP contribution in [0.2, 0.25) is 0 Å². The zero-order valence-corrected chi connectivity index (χ0v) is 55.3. The number of amides is 5. The molecule has 0 saturated heterocycles. The molecule has 0 heterocycles. The molecule has 0 aromatic carbocycles. The van der Waals surface area contributed by atoms with Crippen molar-refractivity contribution in [3.05, 3.63) is 0 Å². The van der Waals surface area contributed by atoms with E-state index in [4.69, 9.17) is 34.2 Å². The van der Waals surface area contributed by atoms with Crippen molar-refractivity contribution in [1.29, 1.82) is 0 Å². The number of carboxylic acids is 1. The van der Waals surface area contributed by atoms with E-state index < -0.39 is 168 Å². The third-order valence-electron chi connectivity index (χ3n) is 12.5. The molecule has 0 rings (SSSR count). The van der Waals surface area contributed by atoms with Crippen LogP contribution in [0.15, 0.2) is 0 Å². The van der Waals surface area contributed by atoms with Gasteiger partial charge >= 0.3 is 41.8 Å². The van der Waals surface area contributed by atoms with Gasteiger partial charge in [0.2, 0.25) is 6.10 Å². The number of hydrogen-bond acceptors (Lipinski definition) is 20. The maximum atomic E-state index is 13.8. The number of carbonyl (C=O) groups excluding carboxylic acids is 12. The molecule has 0 aliphatic carbocycles. The Hall–Kier alpha value is -5.63. The molecular weight excluding hydrogens is 1180 g/mol. The maximum absolute atomic E-state index is 13.8. The van der Waals surface area contributed by atoms with Gasteiger partial charge in [-0.15, -0.1) is 6.42 Å². The maximum Gasteiger partial charge on any atom is 0.345 e. The van der Waals surface area contributed by atoms with Gasteiger partial charge in [-0.1, -0.05) is 111 Å². The topological polar surface area (TPSA) is 384 Å². The van der Waals surface area contributed by atoms with Gasteiger partial charge in [0.1, 0.15) is 36.3 Å². The molecule has 12 atom stereocenters. The Bertz CT molecular complexity index is 2220. The number of nitrogens with one attached hydrogen (secondary N) is 5. The second-order valence-electron chi connectivity index (χ2n) is 23.7. The summed E-state index contributed by atoms with van der Waals surface area (Å²) in [7, 11) is 0. The SMILES string of the molecule is CC(C)C[C@@H](OC(=O)[C@H](CC[C-]=O)NC(=O)[C@@H](OC(=O)[C@@H](C)NC(=O)[C@@H](CC(C)C)OC(=O)[C@@H](N)C(C)C)C(C)C)C(=O)N[C@H](C)C(=O)O[C@H](C(=O)N[C@H](C(=O)O[C@H](CC(C)C)C(=O)N[C@H](C)C(=O)O[C@H](C(=O)O)C(C)C)C(C)C)C(C)C.[Y]. The molecule has 8 N–H and O–H groups in total. The van der Waals surface area contributed by atoms with E-state index in [2.05, 4.69) is 26.6 Å². The Balaban J connectivity index is 0. The minimum atomic E-state index is -1.60. The summed E-state index contributed by atoms with van der Waals surface area (Å²) in [6, 6.07) is -8.21. The number of aliphatic carboxylic acids is 1. The number of nitrogens with two attached hydrogens (primary N) is 1. The van der Waals surface area contributed by atoms with Crippen molar-refractivity contribution < 1.29 is 129 Å². The van der Waals surface area contributed by atoms with Crippen LogP contribution in [-0.4, -0.2) is 156 Å². The quantitative estimate of drug-likeness (QED) is 0.0267. The van der Waals surface area contributed by atoms with Gasteiger partial charge in [-0.3, -0.25) is 35.1 Å². The van der Waals surface area contributed by atoms with Crippen molar-refractivity contribution in [3.63, 3.8) is 0 Å². The van der Waals surface area contributed by atoms with Crippen molar-refractivity contribution in [1.82, 2.24) is 26.6 Å². The van der Waals surface area contributed by atoms with E-state index in [1.807, 2.05) is 0 Å². The number of esters is 6. The Kier molecular flexibility index (Phi) is 37.5. The first-order valence-electron chi connectivity index (χ1n) is 28.4. The monoisotopic (exact) mass is 1270 g/mol. The zero-order chi connectivity index (χ0) is 64.5. The van der Waals surface area contributed by atoms with Gasteiger partial charge in [0.05, 0.1) is 0 Å². The number of carbonyl (C=O) groups is 12. The van der Waals surface area contributed by atoms with Crippen LogP contribution < -0.4 is 32.3 Å². The summed E-state index contributed by atoms with van der Waals surface area (Å²) in [5, 5.41) is 21.6. The van der Waals surface area contributed by atoms with E-state index in [0.717, 1.165) is 0 Å². The Labute approximate surface area is 519 Å². The molecule has 84 heavy (non-hydrogen) atoms. The third-order valence-corrected chi connectivity index (χ3v) is 12.5. The molecule has 27 heteroatoms. The van der Waals surface area contributed by atoms with Gasteiger partial charge in [0, 0.05) is 38.6 Å². The first-order chi connectivity index (χ1) is 38.3. The summed E-state index contributed by atoms with van der Waals surface area (Å²) in [4.78, 5) is 171. The normalized spacial score (nSPS) is 15.8. The predicted molar refractivity (Wildman–Crippen MR) is 299 cm³/mol. The molecule has 477 valence electrons. The average molecular weight is 1270 g/mol. The van der Waals surface area contributed by atoms with E-state index in [1.54, 1.807) is 89.4 Å². The molecule has 0 fully saturated rings. The standard InChI is InChI=1S/C57H95N6O20.Y/c1-26(2)23-38(78-55(75)37(21-20-22-64)62-49(68)43(31(11)12)81-52(72)34(17)60-47(66)39(24-27(3)4)79-56(76)41(58)29(7)8)46(65)59-35(18)53(73)82-44(32(13)14)50(69)63-42(30(9)10)57(77)80-40(25-28(5)6)48(67)61-36(19)54(74)83-45(33(15)16)51(70)71;/h26-45H,20-21,23-25,58H2,1-19H3,(H,59,65)(H,60,66)(H,61,67)(H,62,68)(H,63,69)(H,70,71);/q-1;/t34-,35-,36-,37+,38-,39-,40-,41+,42+,43+,44+,45+;/m1./s1. The van der Waals surface area contributed by atoms with Crippen LogP contribution in [0.25, 0.3) is 0 Å². The van der Waals surface area contributed by atoms with Gasteiger partial charge in [0.15, 0.2) is 30.5 Å². The Morgan fingerprint density at radius 3 is 1.01 bits per heavy atom. The molecule has 1 radical (unpaired) electrons. The smallest absolute Gasteiger partial charge is 0.345 e. The van der Waals surface area contributed by atoms with E-state index in [-0.39, 0.29) is 88.5 Å². The van der Waals surface area contributed by atoms with Crippen LogP contribution >= 0.6 is 0 Å². The molecule has 0 aromatic rings. The summed E-state index contributed by atoms with van der Waals surface area (Å²) in [6.07, 6.45) is -8.17. The van der Waals surface area contributed by atoms with Gasteiger partial charge in [-0.2, -0.15) is 0 Å². The Morgan fingerprint density at radius 1 is 0.393 bits per heavy atom. The molecule has 0 aliphatic heterocycles. The largest absolute Gasteiger partial charge is 0.542 e. The number of ether oxygens (including phenoxy) is 6. The summed E-state index contributed by atoms with van der Waals surface area (Å²) in [5.41, 5.74) is 5.92. The number of carboxylic acid groups (broad SMARTS) is 1.